The van der Waals surface area contributed by atoms with Gasteiger partial charge in [-0.2, -0.15) is 0 Å². The fraction of sp³-hybridized carbons (Fsp3) is 1.00. The van der Waals surface area contributed by atoms with Crippen LogP contribution in [0.1, 0.15) is 109 Å². The van der Waals surface area contributed by atoms with Crippen molar-refractivity contribution in [3.05, 3.63) is 0 Å². The van der Waals surface area contributed by atoms with Crippen molar-refractivity contribution in [2.24, 2.45) is 17.8 Å². The van der Waals surface area contributed by atoms with Gasteiger partial charge < -0.3 is 0 Å². The number of nitrogens with zero attached hydrogens (tertiary/aromatic N) is 1. The highest BCUT2D eigenvalue weighted by Crippen LogP contribution is 2.45. The molecule has 0 radical (unpaired) electrons. The third kappa shape index (κ3) is 4.24. The van der Waals surface area contributed by atoms with E-state index in [1.807, 2.05) is 0 Å². The minimum absolute atomic E-state index is 0.718. The molecule has 4 aliphatic carbocycles. The summed E-state index contributed by atoms with van der Waals surface area (Å²) < 4.78 is 0. The molecule has 4 saturated carbocycles. The zero-order chi connectivity index (χ0) is 18.9. The van der Waals surface area contributed by atoms with E-state index in [-0.39, 0.29) is 0 Å². The molecule has 1 aliphatic heterocycles. The fourth-order valence-electron chi connectivity index (χ4n) is 7.91. The lowest BCUT2D eigenvalue weighted by Crippen LogP contribution is -2.51. The minimum atomic E-state index is 0.718. The summed E-state index contributed by atoms with van der Waals surface area (Å²) in [5.74, 6) is 3.02. The van der Waals surface area contributed by atoms with E-state index in [1.54, 1.807) is 0 Å². The molecule has 3 unspecified atom stereocenters. The summed E-state index contributed by atoms with van der Waals surface area (Å²) in [6, 6.07) is 2.58. The smallest absolute Gasteiger partial charge is 0.0634 e. The van der Waals surface area contributed by atoms with Crippen LogP contribution in [0.4, 0.5) is 0 Å². The van der Waals surface area contributed by atoms with Crippen molar-refractivity contribution in [3.8, 4) is 0 Å². The number of alkyl halides is 1. The van der Waals surface area contributed by atoms with Crippen LogP contribution >= 0.6 is 15.9 Å². The van der Waals surface area contributed by atoms with Crippen molar-refractivity contribution in [1.29, 1.82) is 0 Å². The van der Waals surface area contributed by atoms with E-state index >= 15 is 0 Å². The molecule has 0 spiro atoms. The van der Waals surface area contributed by atoms with Crippen LogP contribution in [-0.4, -0.2) is 34.0 Å². The van der Waals surface area contributed by atoms with E-state index in [0.29, 0.717) is 0 Å². The van der Waals surface area contributed by atoms with Crippen molar-refractivity contribution in [3.63, 3.8) is 0 Å². The second-order valence-electron chi connectivity index (χ2n) is 11.0. The van der Waals surface area contributed by atoms with E-state index < -0.39 is 0 Å². The Labute approximate surface area is 182 Å². The van der Waals surface area contributed by atoms with Gasteiger partial charge in [0.25, 0.3) is 0 Å². The summed E-state index contributed by atoms with van der Waals surface area (Å²) in [6.45, 7) is 0. The highest BCUT2D eigenvalue weighted by atomic mass is 79.9. The third-order valence-electron chi connectivity index (χ3n) is 9.45. The molecular weight excluding hydrogens is 408 g/mol. The molecule has 0 aromatic rings. The summed E-state index contributed by atoms with van der Waals surface area (Å²) in [7, 11) is 0. The second kappa shape index (κ2) is 9.27. The van der Waals surface area contributed by atoms with E-state index in [0.717, 1.165) is 46.9 Å². The Morgan fingerprint density at radius 1 is 0.571 bits per heavy atom. The lowest BCUT2D eigenvalue weighted by molar-refractivity contribution is 0.0347. The van der Waals surface area contributed by atoms with E-state index in [4.69, 9.17) is 0 Å². The SMILES string of the molecule is BrC1CCC(C2CCC(C3NC4CCCCC4N3C3CCCCC3)CC2)CC1. The summed E-state index contributed by atoms with van der Waals surface area (Å²) in [5, 5.41) is 4.23. The molecule has 3 atom stereocenters. The highest BCUT2D eigenvalue weighted by molar-refractivity contribution is 9.09. The fourth-order valence-corrected chi connectivity index (χ4v) is 8.44. The van der Waals surface area contributed by atoms with E-state index in [1.165, 1.54) is 109 Å². The first kappa shape index (κ1) is 20.3. The predicted molar refractivity (Wildman–Crippen MR) is 122 cm³/mol. The molecule has 1 saturated heterocycles. The van der Waals surface area contributed by atoms with Gasteiger partial charge in [0.15, 0.2) is 0 Å². The van der Waals surface area contributed by atoms with Crippen LogP contribution in [0.2, 0.25) is 0 Å². The molecule has 5 fully saturated rings. The summed E-state index contributed by atoms with van der Waals surface area (Å²) in [4.78, 5) is 3.90. The zero-order valence-electron chi connectivity index (χ0n) is 18.0. The van der Waals surface area contributed by atoms with E-state index in [2.05, 4.69) is 26.1 Å². The second-order valence-corrected chi connectivity index (χ2v) is 12.3. The Kier molecular flexibility index (Phi) is 6.72. The van der Waals surface area contributed by atoms with E-state index in [9.17, 15) is 0 Å². The molecule has 28 heavy (non-hydrogen) atoms. The molecule has 1 N–H and O–H groups in total. The molecule has 2 nitrogen and oxygen atoms in total. The average molecular weight is 452 g/mol. The first-order valence-corrected chi connectivity index (χ1v) is 13.9. The Morgan fingerprint density at radius 3 is 1.86 bits per heavy atom. The number of hydrogen-bond acceptors (Lipinski definition) is 2. The topological polar surface area (TPSA) is 15.3 Å². The minimum Gasteiger partial charge on any atom is -0.297 e. The van der Waals surface area contributed by atoms with Crippen molar-refractivity contribution in [1.82, 2.24) is 10.2 Å². The monoisotopic (exact) mass is 450 g/mol. The van der Waals surface area contributed by atoms with Crippen LogP contribution in [0.5, 0.6) is 0 Å². The normalized spacial score (nSPS) is 46.4. The number of hydrogen-bond donors (Lipinski definition) is 1. The number of halogens is 1. The van der Waals surface area contributed by atoms with Gasteiger partial charge in [-0.05, 0) is 94.8 Å². The largest absolute Gasteiger partial charge is 0.297 e. The quantitative estimate of drug-likeness (QED) is 0.485. The zero-order valence-corrected chi connectivity index (χ0v) is 19.6. The molecule has 0 amide bonds. The van der Waals surface area contributed by atoms with Crippen LogP contribution in [0.15, 0.2) is 0 Å². The van der Waals surface area contributed by atoms with Gasteiger partial charge >= 0.3 is 0 Å². The standard InChI is InChI=1S/C25H43BrN2/c26-21-16-14-19(15-17-21)18-10-12-20(13-11-18)25-27-23-8-4-5-9-24(23)28(25)22-6-2-1-3-7-22/h18-25,27H,1-17H2. The van der Waals surface area contributed by atoms with Gasteiger partial charge in [-0.15, -0.1) is 0 Å². The van der Waals surface area contributed by atoms with Crippen molar-refractivity contribution in [2.75, 3.05) is 0 Å². The van der Waals surface area contributed by atoms with Gasteiger partial charge in [-0.3, -0.25) is 10.2 Å². The van der Waals surface area contributed by atoms with Crippen molar-refractivity contribution >= 4 is 15.9 Å². The molecular formula is C25H43BrN2. The molecule has 0 aromatic heterocycles. The van der Waals surface area contributed by atoms with Gasteiger partial charge in [0.1, 0.15) is 0 Å². The van der Waals surface area contributed by atoms with Crippen molar-refractivity contribution in [2.45, 2.75) is 138 Å². The van der Waals surface area contributed by atoms with Crippen LogP contribution in [0, 0.1) is 17.8 Å². The maximum Gasteiger partial charge on any atom is 0.0634 e. The summed E-state index contributed by atoms with van der Waals surface area (Å²) in [6.07, 6.45) is 25.8. The summed E-state index contributed by atoms with van der Waals surface area (Å²) >= 11 is 3.85. The number of nitrogens with one attached hydrogen (secondary N) is 1. The Balaban J connectivity index is 1.23. The maximum atomic E-state index is 4.23. The molecule has 160 valence electrons. The lowest BCUT2D eigenvalue weighted by Gasteiger charge is -2.44. The molecule has 5 rings (SSSR count). The van der Waals surface area contributed by atoms with Gasteiger partial charge in [0.05, 0.1) is 6.17 Å². The first-order valence-electron chi connectivity index (χ1n) is 13.0. The average Bonchev–Trinajstić information content (AvgIpc) is 3.15. The highest BCUT2D eigenvalue weighted by Gasteiger charge is 2.48. The molecule has 1 heterocycles. The predicted octanol–water partition coefficient (Wildman–Crippen LogP) is 6.62. The van der Waals surface area contributed by atoms with Crippen LogP contribution in [-0.2, 0) is 0 Å². The molecule has 0 aromatic carbocycles. The molecule has 3 heteroatoms. The van der Waals surface area contributed by atoms with Crippen LogP contribution in [0.25, 0.3) is 0 Å². The lowest BCUT2D eigenvalue weighted by atomic mass is 9.70. The number of fused-ring (bicyclic) bond motifs is 1. The molecule has 0 bridgehead atoms. The van der Waals surface area contributed by atoms with Gasteiger partial charge in [-0.1, -0.05) is 48.0 Å². The number of rotatable bonds is 3. The van der Waals surface area contributed by atoms with Crippen molar-refractivity contribution < 1.29 is 0 Å². The van der Waals surface area contributed by atoms with Crippen LogP contribution in [0.3, 0.4) is 0 Å². The van der Waals surface area contributed by atoms with Gasteiger partial charge in [0, 0.05) is 23.0 Å². The third-order valence-corrected chi connectivity index (χ3v) is 10.4. The van der Waals surface area contributed by atoms with Gasteiger partial charge in [-0.25, -0.2) is 0 Å². The Morgan fingerprint density at radius 2 is 1.14 bits per heavy atom. The Bertz CT molecular complexity index is 489. The maximum absolute atomic E-state index is 4.23. The van der Waals surface area contributed by atoms with Crippen LogP contribution < -0.4 is 5.32 Å². The first-order chi connectivity index (χ1) is 13.8. The van der Waals surface area contributed by atoms with Gasteiger partial charge in [0.2, 0.25) is 0 Å². The Hall–Kier alpha value is 0.400. The molecule has 5 aliphatic rings. The summed E-state index contributed by atoms with van der Waals surface area (Å²) in [5.41, 5.74) is 0.